The van der Waals surface area contributed by atoms with Crippen LogP contribution in [0.25, 0.3) is 10.8 Å². The fraction of sp³-hybridized carbons (Fsp3) is 0.214. The Labute approximate surface area is 200 Å². The largest absolute Gasteiger partial charge is 0.494 e. The van der Waals surface area contributed by atoms with Gasteiger partial charge in [-0.25, -0.2) is 9.79 Å². The standard InChI is InChI=1S/C28H23N3O4/c1-4-35-19-14-13-15-9-5-6-10-16(15)20(19)21-22-24(17-11-7-8-12-18(17)25(22)32)29-26-23(21)27(33)31(3)28(34)30(26)2/h5-14,21-22H,4H2,1-3H3/t21-,22-/m0/s1. The zero-order valence-corrected chi connectivity index (χ0v) is 19.6. The quantitative estimate of drug-likeness (QED) is 0.462. The minimum absolute atomic E-state index is 0.0821. The molecule has 0 saturated heterocycles. The van der Waals surface area contributed by atoms with Crippen molar-refractivity contribution in [2.45, 2.75) is 12.8 Å². The number of fused-ring (bicyclic) bond motifs is 5. The van der Waals surface area contributed by atoms with E-state index >= 15 is 0 Å². The topological polar surface area (TPSA) is 82.7 Å². The minimum Gasteiger partial charge on any atom is -0.494 e. The number of carbonyl (C=O) groups is 1. The van der Waals surface area contributed by atoms with E-state index in [-0.39, 0.29) is 11.6 Å². The van der Waals surface area contributed by atoms with E-state index in [4.69, 9.17) is 9.73 Å². The van der Waals surface area contributed by atoms with Gasteiger partial charge in [0.2, 0.25) is 0 Å². The zero-order valence-electron chi connectivity index (χ0n) is 19.6. The first-order chi connectivity index (χ1) is 16.9. The van der Waals surface area contributed by atoms with Crippen LogP contribution in [0.3, 0.4) is 0 Å². The third-order valence-electron chi connectivity index (χ3n) is 7.13. The highest BCUT2D eigenvalue weighted by Crippen LogP contribution is 2.50. The van der Waals surface area contributed by atoms with Crippen molar-refractivity contribution in [2.75, 3.05) is 6.61 Å². The Kier molecular flexibility index (Phi) is 4.64. The van der Waals surface area contributed by atoms with Crippen molar-refractivity contribution in [3.8, 4) is 5.75 Å². The lowest BCUT2D eigenvalue weighted by Crippen LogP contribution is -2.43. The number of aliphatic imine (C=N–C) groups is 1. The highest BCUT2D eigenvalue weighted by Gasteiger charge is 2.49. The number of ketones is 1. The Balaban J connectivity index is 1.79. The SMILES string of the molecule is CCOc1ccc2ccccc2c1[C@@H]1c2c(n(C)c(=O)n(C)c2=O)N=C2c3ccccc3C(=O)[C@H]21. The van der Waals surface area contributed by atoms with Crippen LogP contribution in [-0.4, -0.2) is 27.2 Å². The van der Waals surface area contributed by atoms with Gasteiger partial charge in [-0.15, -0.1) is 0 Å². The summed E-state index contributed by atoms with van der Waals surface area (Å²) in [5, 5.41) is 1.87. The smallest absolute Gasteiger partial charge is 0.332 e. The van der Waals surface area contributed by atoms with Crippen LogP contribution in [0.1, 0.15) is 39.9 Å². The maximum absolute atomic E-state index is 13.9. The molecule has 1 aromatic heterocycles. The van der Waals surface area contributed by atoms with Gasteiger partial charge < -0.3 is 4.74 Å². The first-order valence-corrected chi connectivity index (χ1v) is 11.6. The molecule has 1 aliphatic carbocycles. The molecule has 2 aliphatic rings. The van der Waals surface area contributed by atoms with Gasteiger partial charge >= 0.3 is 5.69 Å². The molecule has 2 heterocycles. The molecule has 0 spiro atoms. The van der Waals surface area contributed by atoms with Gasteiger partial charge in [0, 0.05) is 36.7 Å². The minimum atomic E-state index is -0.699. The van der Waals surface area contributed by atoms with Crippen LogP contribution in [-0.2, 0) is 14.1 Å². The molecule has 0 bridgehead atoms. The lowest BCUT2D eigenvalue weighted by Gasteiger charge is -2.31. The van der Waals surface area contributed by atoms with Crippen LogP contribution >= 0.6 is 0 Å². The summed E-state index contributed by atoms with van der Waals surface area (Å²) < 4.78 is 8.55. The molecule has 2 atom stereocenters. The first kappa shape index (κ1) is 21.3. The van der Waals surface area contributed by atoms with Crippen molar-refractivity contribution < 1.29 is 9.53 Å². The fourth-order valence-corrected chi connectivity index (χ4v) is 5.56. The molecule has 6 rings (SSSR count). The Morgan fingerprint density at radius 1 is 0.829 bits per heavy atom. The predicted octanol–water partition coefficient (Wildman–Crippen LogP) is 3.71. The molecular weight excluding hydrogens is 442 g/mol. The molecule has 0 amide bonds. The maximum atomic E-state index is 13.9. The number of hydrogen-bond donors (Lipinski definition) is 0. The van der Waals surface area contributed by atoms with E-state index in [1.807, 2.05) is 61.5 Å². The number of aromatic nitrogens is 2. The second-order valence-corrected chi connectivity index (χ2v) is 8.94. The molecule has 3 aromatic carbocycles. The Morgan fingerprint density at radius 2 is 1.54 bits per heavy atom. The van der Waals surface area contributed by atoms with Crippen LogP contribution in [0.2, 0.25) is 0 Å². The van der Waals surface area contributed by atoms with E-state index < -0.39 is 23.1 Å². The molecule has 0 N–H and O–H groups in total. The number of nitrogens with zero attached hydrogens (tertiary/aromatic N) is 3. The summed E-state index contributed by atoms with van der Waals surface area (Å²) in [4.78, 5) is 45.2. The van der Waals surface area contributed by atoms with Crippen molar-refractivity contribution in [3.63, 3.8) is 0 Å². The molecule has 1 aliphatic heterocycles. The monoisotopic (exact) mass is 465 g/mol. The molecular formula is C28H23N3O4. The number of hydrogen-bond acceptors (Lipinski definition) is 5. The predicted molar refractivity (Wildman–Crippen MR) is 134 cm³/mol. The normalized spacial score (nSPS) is 18.1. The van der Waals surface area contributed by atoms with Gasteiger partial charge in [0.15, 0.2) is 5.78 Å². The number of rotatable bonds is 3. The van der Waals surface area contributed by atoms with E-state index in [1.54, 1.807) is 13.1 Å². The molecule has 7 nitrogen and oxygen atoms in total. The van der Waals surface area contributed by atoms with Crippen LogP contribution in [0.4, 0.5) is 5.82 Å². The Bertz CT molecular complexity index is 1710. The van der Waals surface area contributed by atoms with E-state index in [0.717, 1.165) is 26.5 Å². The van der Waals surface area contributed by atoms with Gasteiger partial charge in [0.05, 0.1) is 23.8 Å². The van der Waals surface area contributed by atoms with Crippen molar-refractivity contribution >= 4 is 28.1 Å². The van der Waals surface area contributed by atoms with Crippen LogP contribution in [0.5, 0.6) is 5.75 Å². The Morgan fingerprint density at radius 3 is 2.31 bits per heavy atom. The first-order valence-electron chi connectivity index (χ1n) is 11.6. The third-order valence-corrected chi connectivity index (χ3v) is 7.13. The molecule has 0 fully saturated rings. The summed E-state index contributed by atoms with van der Waals surface area (Å²) in [7, 11) is 3.07. The molecule has 4 aromatic rings. The second kappa shape index (κ2) is 7.63. The summed E-state index contributed by atoms with van der Waals surface area (Å²) in [6.45, 7) is 2.33. The van der Waals surface area contributed by atoms with Crippen molar-refractivity contribution in [1.29, 1.82) is 0 Å². The fourth-order valence-electron chi connectivity index (χ4n) is 5.56. The second-order valence-electron chi connectivity index (χ2n) is 8.94. The third kappa shape index (κ3) is 2.84. The molecule has 174 valence electrons. The zero-order chi connectivity index (χ0) is 24.4. The molecule has 35 heavy (non-hydrogen) atoms. The van der Waals surface area contributed by atoms with Gasteiger partial charge in [0.1, 0.15) is 11.6 Å². The summed E-state index contributed by atoms with van der Waals surface area (Å²) >= 11 is 0. The number of carbonyl (C=O) groups excluding carboxylic acids is 1. The Hall–Kier alpha value is -4.26. The molecule has 0 radical (unpaired) electrons. The van der Waals surface area contributed by atoms with Gasteiger partial charge in [-0.1, -0.05) is 54.6 Å². The molecule has 0 unspecified atom stereocenters. The summed E-state index contributed by atoms with van der Waals surface area (Å²) in [5.74, 6) is -0.552. The van der Waals surface area contributed by atoms with Gasteiger partial charge in [-0.2, -0.15) is 0 Å². The van der Waals surface area contributed by atoms with Crippen molar-refractivity contribution in [2.24, 2.45) is 25.0 Å². The summed E-state index contributed by atoms with van der Waals surface area (Å²) in [5.41, 5.74) is 2.09. The molecule has 7 heteroatoms. The van der Waals surface area contributed by atoms with E-state index in [1.165, 1.54) is 11.6 Å². The number of ether oxygens (including phenoxy) is 1. The number of benzene rings is 3. The lowest BCUT2D eigenvalue weighted by atomic mass is 9.74. The van der Waals surface area contributed by atoms with E-state index in [0.29, 0.717) is 29.2 Å². The van der Waals surface area contributed by atoms with Gasteiger partial charge in [-0.05, 0) is 23.8 Å². The van der Waals surface area contributed by atoms with E-state index in [2.05, 4.69) is 0 Å². The molecule has 0 saturated carbocycles. The van der Waals surface area contributed by atoms with Gasteiger partial charge in [-0.3, -0.25) is 18.7 Å². The highest BCUT2D eigenvalue weighted by molar-refractivity contribution is 6.30. The van der Waals surface area contributed by atoms with Gasteiger partial charge in [0.25, 0.3) is 5.56 Å². The summed E-state index contributed by atoms with van der Waals surface area (Å²) in [6.07, 6.45) is 0. The average Bonchev–Trinajstić information content (AvgIpc) is 3.17. The highest BCUT2D eigenvalue weighted by atomic mass is 16.5. The van der Waals surface area contributed by atoms with E-state index in [9.17, 15) is 14.4 Å². The average molecular weight is 466 g/mol. The number of Topliss-reactive ketones (excluding diaryl/α,β-unsaturated/α-hetero) is 1. The van der Waals surface area contributed by atoms with Crippen molar-refractivity contribution in [1.82, 2.24) is 9.13 Å². The van der Waals surface area contributed by atoms with Crippen LogP contribution < -0.4 is 16.0 Å². The van der Waals surface area contributed by atoms with Crippen LogP contribution in [0.15, 0.2) is 75.2 Å². The van der Waals surface area contributed by atoms with Crippen molar-refractivity contribution in [3.05, 3.63) is 104 Å². The summed E-state index contributed by atoms with van der Waals surface area (Å²) in [6, 6.07) is 19.1. The maximum Gasteiger partial charge on any atom is 0.332 e. The van der Waals surface area contributed by atoms with Crippen LogP contribution in [0, 0.1) is 5.92 Å². The lowest BCUT2D eigenvalue weighted by molar-refractivity contribution is 0.0953.